The molecule has 0 aromatic carbocycles. The molecule has 0 saturated heterocycles. The molecule has 2 aliphatic rings. The topological polar surface area (TPSA) is 95.3 Å². The van der Waals surface area contributed by atoms with Crippen LogP contribution in [-0.2, 0) is 17.9 Å². The Balaban J connectivity index is 1.50. The number of nitrogens with one attached hydrogen (secondary N) is 2. The monoisotopic (exact) mass is 432 g/mol. The van der Waals surface area contributed by atoms with E-state index in [0.29, 0.717) is 17.3 Å². The van der Waals surface area contributed by atoms with Crippen LogP contribution in [0.25, 0.3) is 11.1 Å². The second-order valence-electron chi connectivity index (χ2n) is 8.41. The highest BCUT2D eigenvalue weighted by Crippen LogP contribution is 2.33. The number of pyridine rings is 1. The van der Waals surface area contributed by atoms with Gasteiger partial charge in [0.1, 0.15) is 12.0 Å². The molecule has 1 aliphatic carbocycles. The van der Waals surface area contributed by atoms with E-state index >= 15 is 0 Å². The molecule has 1 saturated carbocycles. The number of aliphatic hydroxyl groups excluding tert-OH is 1. The zero-order valence-corrected chi connectivity index (χ0v) is 18.2. The van der Waals surface area contributed by atoms with Gasteiger partial charge in [-0.25, -0.2) is 4.98 Å². The van der Waals surface area contributed by atoms with Crippen molar-refractivity contribution in [1.29, 1.82) is 0 Å². The molecule has 1 fully saturated rings. The van der Waals surface area contributed by atoms with Crippen LogP contribution in [0.15, 0.2) is 18.5 Å². The predicted molar refractivity (Wildman–Crippen MR) is 116 cm³/mol. The van der Waals surface area contributed by atoms with Gasteiger partial charge in [-0.2, -0.15) is 5.10 Å². The number of hydrogen-bond acceptors (Lipinski definition) is 6. The van der Waals surface area contributed by atoms with Crippen molar-refractivity contribution in [1.82, 2.24) is 25.0 Å². The lowest BCUT2D eigenvalue weighted by Crippen LogP contribution is -2.42. The summed E-state index contributed by atoms with van der Waals surface area (Å²) in [5.74, 6) is 0.354. The molecule has 9 heteroatoms. The quantitative estimate of drug-likeness (QED) is 0.628. The maximum Gasteiger partial charge on any atom is 0.228 e. The number of nitrogens with zero attached hydrogens (tertiary/aromatic N) is 4. The Morgan fingerprint density at radius 2 is 2.13 bits per heavy atom. The first kappa shape index (κ1) is 21.2. The highest BCUT2D eigenvalue weighted by molar-refractivity contribution is 6.33. The van der Waals surface area contributed by atoms with Gasteiger partial charge >= 0.3 is 0 Å². The number of carbonyl (C=O) groups excluding carboxylic acids is 1. The number of anilines is 1. The molecule has 1 amide bonds. The fourth-order valence-corrected chi connectivity index (χ4v) is 4.66. The van der Waals surface area contributed by atoms with Crippen molar-refractivity contribution in [2.75, 3.05) is 18.9 Å². The van der Waals surface area contributed by atoms with Gasteiger partial charge in [-0.3, -0.25) is 19.7 Å². The summed E-state index contributed by atoms with van der Waals surface area (Å²) in [6.07, 6.45) is 6.33. The molecule has 2 aromatic rings. The smallest absolute Gasteiger partial charge is 0.228 e. The van der Waals surface area contributed by atoms with Crippen LogP contribution < -0.4 is 10.6 Å². The van der Waals surface area contributed by atoms with Crippen molar-refractivity contribution < 1.29 is 9.90 Å². The third-order valence-corrected chi connectivity index (χ3v) is 6.28. The molecule has 3 atom stereocenters. The summed E-state index contributed by atoms with van der Waals surface area (Å²) in [4.78, 5) is 19.4. The Kier molecular flexibility index (Phi) is 6.38. The van der Waals surface area contributed by atoms with Crippen LogP contribution in [0.5, 0.6) is 0 Å². The minimum absolute atomic E-state index is 0.0374. The van der Waals surface area contributed by atoms with Gasteiger partial charge in [0, 0.05) is 42.4 Å². The van der Waals surface area contributed by atoms with Crippen LogP contribution >= 0.6 is 11.6 Å². The molecule has 2 aromatic heterocycles. The van der Waals surface area contributed by atoms with Crippen molar-refractivity contribution in [2.24, 2.45) is 5.92 Å². The van der Waals surface area contributed by atoms with Crippen molar-refractivity contribution in [2.45, 2.75) is 58.0 Å². The fourth-order valence-electron chi connectivity index (χ4n) is 4.46. The Morgan fingerprint density at radius 1 is 1.30 bits per heavy atom. The van der Waals surface area contributed by atoms with Crippen LogP contribution in [0.3, 0.4) is 0 Å². The summed E-state index contributed by atoms with van der Waals surface area (Å²) >= 11 is 6.46. The molecule has 0 radical (unpaired) electrons. The maximum absolute atomic E-state index is 12.9. The maximum atomic E-state index is 12.9. The number of likely N-dealkylation sites (N-methyl/N-ethyl adjacent to an activating group) is 1. The third-order valence-electron chi connectivity index (χ3n) is 5.98. The van der Waals surface area contributed by atoms with Gasteiger partial charge in [-0.05, 0) is 39.3 Å². The van der Waals surface area contributed by atoms with Gasteiger partial charge in [-0.15, -0.1) is 0 Å². The average molecular weight is 433 g/mol. The minimum atomic E-state index is -0.571. The van der Waals surface area contributed by atoms with Crippen molar-refractivity contribution in [3.05, 3.63) is 29.2 Å². The molecule has 1 unspecified atom stereocenters. The molecule has 0 bridgehead atoms. The molecule has 0 spiro atoms. The van der Waals surface area contributed by atoms with Crippen molar-refractivity contribution in [3.63, 3.8) is 0 Å². The molecule has 8 nitrogen and oxygen atoms in total. The van der Waals surface area contributed by atoms with Crippen LogP contribution in [0.1, 0.15) is 38.3 Å². The summed E-state index contributed by atoms with van der Waals surface area (Å²) in [5.41, 5.74) is 2.92. The van der Waals surface area contributed by atoms with E-state index in [9.17, 15) is 9.90 Å². The SMILES string of the molecule is CC(O)N[C@@H]1CCC[C@H](C(=O)Nc2cc(-c3cnn4c3CN(C)CC4)c(Cl)cn2)C1. The second kappa shape index (κ2) is 9.01. The Labute approximate surface area is 181 Å². The van der Waals surface area contributed by atoms with E-state index in [-0.39, 0.29) is 17.9 Å². The first-order chi connectivity index (χ1) is 14.4. The summed E-state index contributed by atoms with van der Waals surface area (Å²) in [6, 6.07) is 1.99. The second-order valence-corrected chi connectivity index (χ2v) is 8.81. The molecular formula is C21H29ClN6O2. The zero-order chi connectivity index (χ0) is 21.3. The molecular weight excluding hydrogens is 404 g/mol. The van der Waals surface area contributed by atoms with Crippen molar-refractivity contribution in [3.8, 4) is 11.1 Å². The number of aromatic nitrogens is 3. The Hall–Kier alpha value is -2.00. The third kappa shape index (κ3) is 4.67. The normalized spacial score (nSPS) is 23.1. The first-order valence-electron chi connectivity index (χ1n) is 10.5. The van der Waals surface area contributed by atoms with Gasteiger partial charge in [0.25, 0.3) is 0 Å². The standard InChI is InChI=1S/C21H29ClN6O2/c1-13(29)25-15-5-3-4-14(8-15)21(30)26-20-9-16(18(22)11-23-20)17-10-24-28-7-6-27(2)12-19(17)28/h9-11,13-15,25,29H,3-8,12H2,1-2H3,(H,23,26,30)/t13?,14-,15+/m0/s1. The Morgan fingerprint density at radius 3 is 2.93 bits per heavy atom. The van der Waals surface area contributed by atoms with E-state index in [1.165, 1.54) is 0 Å². The predicted octanol–water partition coefficient (Wildman–Crippen LogP) is 2.47. The zero-order valence-electron chi connectivity index (χ0n) is 17.4. The van der Waals surface area contributed by atoms with E-state index < -0.39 is 6.23 Å². The summed E-state index contributed by atoms with van der Waals surface area (Å²) in [5, 5.41) is 20.7. The minimum Gasteiger partial charge on any atom is -0.379 e. The van der Waals surface area contributed by atoms with E-state index in [2.05, 4.69) is 32.7 Å². The van der Waals surface area contributed by atoms with E-state index in [4.69, 9.17) is 11.6 Å². The van der Waals surface area contributed by atoms with E-state index in [0.717, 1.165) is 55.7 Å². The lowest BCUT2D eigenvalue weighted by Gasteiger charge is -2.30. The fraction of sp³-hybridized carbons (Fsp3) is 0.571. The molecule has 3 N–H and O–H groups in total. The molecule has 1 aliphatic heterocycles. The average Bonchev–Trinajstić information content (AvgIpc) is 3.12. The van der Waals surface area contributed by atoms with Gasteiger partial charge in [0.15, 0.2) is 0 Å². The highest BCUT2D eigenvalue weighted by Gasteiger charge is 2.28. The number of halogens is 1. The van der Waals surface area contributed by atoms with Gasteiger partial charge in [0.05, 0.1) is 23.5 Å². The van der Waals surface area contributed by atoms with Gasteiger partial charge in [0.2, 0.25) is 5.91 Å². The Bertz CT molecular complexity index is 915. The van der Waals surface area contributed by atoms with E-state index in [1.54, 1.807) is 13.1 Å². The molecule has 3 heterocycles. The number of fused-ring (bicyclic) bond motifs is 1. The van der Waals surface area contributed by atoms with Gasteiger partial charge < -0.3 is 10.4 Å². The first-order valence-corrected chi connectivity index (χ1v) is 10.9. The van der Waals surface area contributed by atoms with Crippen LogP contribution in [0.4, 0.5) is 5.82 Å². The summed E-state index contributed by atoms with van der Waals surface area (Å²) in [6.45, 7) is 4.32. The number of rotatable bonds is 5. The van der Waals surface area contributed by atoms with Gasteiger partial charge in [-0.1, -0.05) is 18.0 Å². The molecule has 162 valence electrons. The lowest BCUT2D eigenvalue weighted by atomic mass is 9.85. The van der Waals surface area contributed by atoms with Crippen LogP contribution in [-0.4, -0.2) is 56.5 Å². The number of carbonyl (C=O) groups is 1. The largest absolute Gasteiger partial charge is 0.379 e. The van der Waals surface area contributed by atoms with Crippen molar-refractivity contribution >= 4 is 23.3 Å². The lowest BCUT2D eigenvalue weighted by molar-refractivity contribution is -0.121. The number of aliphatic hydroxyl groups is 1. The van der Waals surface area contributed by atoms with E-state index in [1.807, 2.05) is 16.9 Å². The summed E-state index contributed by atoms with van der Waals surface area (Å²) < 4.78 is 2.02. The summed E-state index contributed by atoms with van der Waals surface area (Å²) in [7, 11) is 2.09. The number of hydrogen-bond donors (Lipinski definition) is 3. The molecule has 4 rings (SSSR count). The number of amides is 1. The highest BCUT2D eigenvalue weighted by atomic mass is 35.5. The molecule has 30 heavy (non-hydrogen) atoms. The van der Waals surface area contributed by atoms with Crippen LogP contribution in [0.2, 0.25) is 5.02 Å². The van der Waals surface area contributed by atoms with Crippen LogP contribution in [0, 0.1) is 5.92 Å².